The van der Waals surface area contributed by atoms with E-state index in [1.807, 2.05) is 0 Å². The minimum absolute atomic E-state index is 0.146. The molecule has 0 saturated carbocycles. The molecule has 0 spiro atoms. The van der Waals surface area contributed by atoms with Gasteiger partial charge in [-0.1, -0.05) is 6.07 Å². The van der Waals surface area contributed by atoms with Crippen LogP contribution in [0.25, 0.3) is 0 Å². The number of pyridine rings is 1. The molecular formula is C18H23N3O5S. The van der Waals surface area contributed by atoms with Crippen LogP contribution in [0.5, 0.6) is 11.5 Å². The molecule has 0 fully saturated rings. The first-order valence-corrected chi connectivity index (χ1v) is 10.0. The molecule has 0 atom stereocenters. The molecule has 0 radical (unpaired) electrons. The van der Waals surface area contributed by atoms with E-state index in [9.17, 15) is 13.2 Å². The molecule has 0 aliphatic heterocycles. The number of nitrogens with zero attached hydrogens (tertiary/aromatic N) is 2. The van der Waals surface area contributed by atoms with Crippen LogP contribution in [0.3, 0.4) is 0 Å². The summed E-state index contributed by atoms with van der Waals surface area (Å²) in [5.74, 6) is 0.638. The fourth-order valence-electron chi connectivity index (χ4n) is 2.43. The zero-order chi connectivity index (χ0) is 19.9. The van der Waals surface area contributed by atoms with Crippen molar-refractivity contribution in [2.75, 3.05) is 33.6 Å². The summed E-state index contributed by atoms with van der Waals surface area (Å²) in [7, 11) is -0.426. The van der Waals surface area contributed by atoms with Crippen LogP contribution in [0.4, 0.5) is 0 Å². The van der Waals surface area contributed by atoms with Crippen LogP contribution in [-0.4, -0.2) is 57.2 Å². The van der Waals surface area contributed by atoms with E-state index >= 15 is 0 Å². The van der Waals surface area contributed by atoms with E-state index in [-0.39, 0.29) is 25.5 Å². The number of ether oxygens (including phenoxy) is 2. The van der Waals surface area contributed by atoms with E-state index in [0.29, 0.717) is 17.1 Å². The second-order valence-corrected chi connectivity index (χ2v) is 7.77. The van der Waals surface area contributed by atoms with Crippen molar-refractivity contribution in [2.24, 2.45) is 0 Å². The third-order valence-corrected chi connectivity index (χ3v) is 5.09. The monoisotopic (exact) mass is 393 g/mol. The SMILES string of the molecule is COc1ccc(C(=O)NCCN(Cc2cccnc2)S(C)(=O)=O)cc1OC. The van der Waals surface area contributed by atoms with Crippen LogP contribution < -0.4 is 14.8 Å². The second kappa shape index (κ2) is 9.33. The van der Waals surface area contributed by atoms with Gasteiger partial charge in [-0.05, 0) is 29.8 Å². The number of amides is 1. The Kier molecular flexibility index (Phi) is 7.14. The van der Waals surface area contributed by atoms with Crippen LogP contribution in [0.15, 0.2) is 42.7 Å². The van der Waals surface area contributed by atoms with Gasteiger partial charge in [0.2, 0.25) is 10.0 Å². The lowest BCUT2D eigenvalue weighted by molar-refractivity contribution is 0.0951. The predicted molar refractivity (Wildman–Crippen MR) is 101 cm³/mol. The Hall–Kier alpha value is -2.65. The van der Waals surface area contributed by atoms with Gasteiger partial charge in [0.05, 0.1) is 20.5 Å². The first kappa shape index (κ1) is 20.7. The molecule has 2 aromatic rings. The number of hydrogen-bond acceptors (Lipinski definition) is 6. The van der Waals surface area contributed by atoms with E-state index in [2.05, 4.69) is 10.3 Å². The summed E-state index contributed by atoms with van der Waals surface area (Å²) >= 11 is 0. The third kappa shape index (κ3) is 5.93. The molecule has 146 valence electrons. The molecule has 27 heavy (non-hydrogen) atoms. The lowest BCUT2D eigenvalue weighted by Gasteiger charge is -2.20. The first-order chi connectivity index (χ1) is 12.8. The minimum atomic E-state index is -3.43. The van der Waals surface area contributed by atoms with E-state index < -0.39 is 10.0 Å². The number of sulfonamides is 1. The highest BCUT2D eigenvalue weighted by Crippen LogP contribution is 2.27. The van der Waals surface area contributed by atoms with Crippen molar-refractivity contribution < 1.29 is 22.7 Å². The first-order valence-electron chi connectivity index (χ1n) is 8.19. The lowest BCUT2D eigenvalue weighted by atomic mass is 10.2. The largest absolute Gasteiger partial charge is 0.493 e. The molecule has 0 aliphatic carbocycles. The number of aromatic nitrogens is 1. The Morgan fingerprint density at radius 3 is 2.52 bits per heavy atom. The van der Waals surface area contributed by atoms with Gasteiger partial charge in [-0.15, -0.1) is 0 Å². The zero-order valence-electron chi connectivity index (χ0n) is 15.5. The number of benzene rings is 1. The van der Waals surface area contributed by atoms with Crippen molar-refractivity contribution in [1.82, 2.24) is 14.6 Å². The molecule has 0 unspecified atom stereocenters. The summed E-state index contributed by atoms with van der Waals surface area (Å²) in [5, 5.41) is 2.72. The molecule has 0 aliphatic rings. The highest BCUT2D eigenvalue weighted by atomic mass is 32.2. The van der Waals surface area contributed by atoms with Gasteiger partial charge < -0.3 is 14.8 Å². The zero-order valence-corrected chi connectivity index (χ0v) is 16.3. The number of methoxy groups -OCH3 is 2. The maximum absolute atomic E-state index is 12.3. The fourth-order valence-corrected chi connectivity index (χ4v) is 3.24. The van der Waals surface area contributed by atoms with Crippen molar-refractivity contribution >= 4 is 15.9 Å². The standard InChI is InChI=1S/C18H23N3O5S/c1-25-16-7-6-15(11-17(16)26-2)18(22)20-9-10-21(27(3,23)24)13-14-5-4-8-19-12-14/h4-8,11-12H,9-10,13H2,1-3H3,(H,20,22). The lowest BCUT2D eigenvalue weighted by Crippen LogP contribution is -2.37. The smallest absolute Gasteiger partial charge is 0.251 e. The number of carbonyl (C=O) groups is 1. The third-order valence-electron chi connectivity index (χ3n) is 3.84. The Morgan fingerprint density at radius 2 is 1.93 bits per heavy atom. The van der Waals surface area contributed by atoms with Crippen molar-refractivity contribution in [3.8, 4) is 11.5 Å². The predicted octanol–water partition coefficient (Wildman–Crippen LogP) is 1.29. The number of hydrogen-bond donors (Lipinski definition) is 1. The number of nitrogens with one attached hydrogen (secondary N) is 1. The van der Waals surface area contributed by atoms with Gasteiger partial charge in [-0.3, -0.25) is 9.78 Å². The topological polar surface area (TPSA) is 97.8 Å². The molecule has 1 heterocycles. The molecule has 0 saturated heterocycles. The minimum Gasteiger partial charge on any atom is -0.493 e. The fraction of sp³-hybridized carbons (Fsp3) is 0.333. The van der Waals surface area contributed by atoms with Crippen molar-refractivity contribution in [3.05, 3.63) is 53.9 Å². The van der Waals surface area contributed by atoms with Crippen molar-refractivity contribution in [2.45, 2.75) is 6.54 Å². The Labute approximate surface area is 159 Å². The maximum atomic E-state index is 12.3. The van der Waals surface area contributed by atoms with E-state index in [1.165, 1.54) is 18.5 Å². The molecule has 1 aromatic heterocycles. The van der Waals surface area contributed by atoms with Crippen LogP contribution in [0, 0.1) is 0 Å². The molecule has 0 bridgehead atoms. The van der Waals surface area contributed by atoms with Crippen molar-refractivity contribution in [1.29, 1.82) is 0 Å². The maximum Gasteiger partial charge on any atom is 0.251 e. The second-order valence-electron chi connectivity index (χ2n) is 5.78. The van der Waals surface area contributed by atoms with E-state index in [4.69, 9.17) is 9.47 Å². The van der Waals surface area contributed by atoms with Gasteiger partial charge in [0.15, 0.2) is 11.5 Å². The molecule has 1 amide bonds. The summed E-state index contributed by atoms with van der Waals surface area (Å²) in [6.45, 7) is 0.506. The summed E-state index contributed by atoms with van der Waals surface area (Å²) < 4.78 is 35.6. The highest BCUT2D eigenvalue weighted by Gasteiger charge is 2.18. The van der Waals surface area contributed by atoms with Crippen LogP contribution in [0.2, 0.25) is 0 Å². The summed E-state index contributed by atoms with van der Waals surface area (Å²) in [4.78, 5) is 16.3. The van der Waals surface area contributed by atoms with Crippen LogP contribution in [0.1, 0.15) is 15.9 Å². The van der Waals surface area contributed by atoms with Crippen LogP contribution in [-0.2, 0) is 16.6 Å². The van der Waals surface area contributed by atoms with Crippen LogP contribution >= 0.6 is 0 Å². The van der Waals surface area contributed by atoms with Gasteiger partial charge in [-0.25, -0.2) is 8.42 Å². The van der Waals surface area contributed by atoms with Gasteiger partial charge >= 0.3 is 0 Å². The van der Waals surface area contributed by atoms with E-state index in [0.717, 1.165) is 11.8 Å². The molecular weight excluding hydrogens is 370 g/mol. The highest BCUT2D eigenvalue weighted by molar-refractivity contribution is 7.88. The number of rotatable bonds is 9. The van der Waals surface area contributed by atoms with Crippen molar-refractivity contribution in [3.63, 3.8) is 0 Å². The molecule has 1 aromatic carbocycles. The summed E-state index contributed by atoms with van der Waals surface area (Å²) in [6.07, 6.45) is 4.37. The van der Waals surface area contributed by atoms with Gasteiger partial charge in [0, 0.05) is 37.6 Å². The summed E-state index contributed by atoms with van der Waals surface area (Å²) in [5.41, 5.74) is 1.17. The normalized spacial score (nSPS) is 11.3. The Bertz CT molecular complexity index is 872. The molecule has 9 heteroatoms. The quantitative estimate of drug-likeness (QED) is 0.689. The Balaban J connectivity index is 1.99. The average Bonchev–Trinajstić information content (AvgIpc) is 2.66. The summed E-state index contributed by atoms with van der Waals surface area (Å²) in [6, 6.07) is 8.36. The van der Waals surface area contributed by atoms with Gasteiger partial charge in [-0.2, -0.15) is 4.31 Å². The molecule has 2 rings (SSSR count). The van der Waals surface area contributed by atoms with E-state index in [1.54, 1.807) is 42.7 Å². The average molecular weight is 393 g/mol. The molecule has 1 N–H and O–H groups in total. The van der Waals surface area contributed by atoms with Gasteiger partial charge in [0.25, 0.3) is 5.91 Å². The Morgan fingerprint density at radius 1 is 1.19 bits per heavy atom. The number of carbonyl (C=O) groups excluding carboxylic acids is 1. The van der Waals surface area contributed by atoms with Gasteiger partial charge in [0.1, 0.15) is 0 Å². The molecule has 8 nitrogen and oxygen atoms in total.